The van der Waals surface area contributed by atoms with Crippen molar-refractivity contribution in [1.29, 1.82) is 5.26 Å². The first-order valence-corrected chi connectivity index (χ1v) is 11.1. The highest BCUT2D eigenvalue weighted by Gasteiger charge is 2.29. The zero-order valence-corrected chi connectivity index (χ0v) is 13.1. The fourth-order valence-corrected chi connectivity index (χ4v) is 4.23. The maximum absolute atomic E-state index is 12.1. The van der Waals surface area contributed by atoms with E-state index < -0.39 is 14.3 Å². The molecule has 0 aliphatic heterocycles. The van der Waals surface area contributed by atoms with Gasteiger partial charge in [-0.25, -0.2) is 0 Å². The molecule has 0 spiro atoms. The molecule has 0 fully saturated rings. The van der Waals surface area contributed by atoms with Crippen LogP contribution in [-0.2, 0) is 9.13 Å². The average molecular weight is 281 g/mol. The van der Waals surface area contributed by atoms with Crippen LogP contribution in [0.2, 0.25) is 0 Å². The Hall–Kier alpha value is 0.300. The topological polar surface area (TPSA) is 57.9 Å². The van der Waals surface area contributed by atoms with E-state index in [4.69, 9.17) is 5.26 Å². The summed E-state index contributed by atoms with van der Waals surface area (Å²) in [5, 5.41) is 8.56. The molecule has 0 bridgehead atoms. The van der Waals surface area contributed by atoms with Crippen molar-refractivity contribution in [1.82, 2.24) is 0 Å². The Bertz CT molecular complexity index is 352. The van der Waals surface area contributed by atoms with Crippen LogP contribution in [0.15, 0.2) is 0 Å². The summed E-state index contributed by atoms with van der Waals surface area (Å²) in [4.78, 5) is -0.218. The standard InChI is InChI=1S/C10H21NO2P2S/c1-14(2,12)9(6-5-7-11)8-10(16)15(3,4)13/h9-10,16H,5-6,8H2,1-4H3. The molecule has 0 amide bonds. The third-order valence-corrected chi connectivity index (χ3v) is 8.42. The highest BCUT2D eigenvalue weighted by Crippen LogP contribution is 2.53. The van der Waals surface area contributed by atoms with Gasteiger partial charge in [-0.15, -0.1) is 0 Å². The van der Waals surface area contributed by atoms with Crippen molar-refractivity contribution in [3.63, 3.8) is 0 Å². The van der Waals surface area contributed by atoms with Gasteiger partial charge in [0.25, 0.3) is 0 Å². The third-order valence-electron chi connectivity index (χ3n) is 2.67. The molecule has 16 heavy (non-hydrogen) atoms. The molecule has 0 heterocycles. The SMILES string of the molecule is CP(C)(=O)C(S)CC(CCC#N)P(C)(C)=O. The monoisotopic (exact) mass is 281 g/mol. The maximum Gasteiger partial charge on any atom is 0.0939 e. The third kappa shape index (κ3) is 6.14. The van der Waals surface area contributed by atoms with Crippen LogP contribution in [0.5, 0.6) is 0 Å². The van der Waals surface area contributed by atoms with Crippen LogP contribution >= 0.6 is 26.9 Å². The summed E-state index contributed by atoms with van der Waals surface area (Å²) in [5.74, 6) is 0. The van der Waals surface area contributed by atoms with Crippen molar-refractivity contribution in [2.45, 2.75) is 29.9 Å². The van der Waals surface area contributed by atoms with Gasteiger partial charge in [-0.3, -0.25) is 0 Å². The van der Waals surface area contributed by atoms with E-state index in [1.54, 1.807) is 26.7 Å². The van der Waals surface area contributed by atoms with E-state index in [9.17, 15) is 9.13 Å². The second-order valence-electron chi connectivity index (χ2n) is 4.94. The quantitative estimate of drug-likeness (QED) is 0.598. The summed E-state index contributed by atoms with van der Waals surface area (Å²) in [5.41, 5.74) is -0.0390. The first-order chi connectivity index (χ1) is 7.09. The smallest absolute Gasteiger partial charge is 0.0939 e. The summed E-state index contributed by atoms with van der Waals surface area (Å²) in [6, 6.07) is 2.07. The molecule has 0 saturated carbocycles. The predicted octanol–water partition coefficient (Wildman–Crippen LogP) is 3.55. The minimum atomic E-state index is -2.25. The number of hydrogen-bond acceptors (Lipinski definition) is 4. The van der Waals surface area contributed by atoms with Gasteiger partial charge in [0.15, 0.2) is 0 Å². The van der Waals surface area contributed by atoms with Gasteiger partial charge in [0.05, 0.1) is 25.3 Å². The number of nitriles is 1. The van der Waals surface area contributed by atoms with Gasteiger partial charge < -0.3 is 9.13 Å². The molecule has 94 valence electrons. The molecule has 3 nitrogen and oxygen atoms in total. The molecule has 0 aromatic heterocycles. The summed E-state index contributed by atoms with van der Waals surface area (Å²) >= 11 is 4.34. The molecular weight excluding hydrogens is 260 g/mol. The zero-order chi connectivity index (χ0) is 13.0. The first-order valence-electron chi connectivity index (χ1n) is 5.23. The summed E-state index contributed by atoms with van der Waals surface area (Å²) in [6.07, 6.45) is 1.58. The van der Waals surface area contributed by atoms with Gasteiger partial charge in [-0.05, 0) is 39.5 Å². The van der Waals surface area contributed by atoms with Gasteiger partial charge in [0, 0.05) is 12.1 Å². The molecular formula is C10H21NO2P2S. The molecule has 0 aromatic carbocycles. The van der Waals surface area contributed by atoms with Gasteiger partial charge in [-0.1, -0.05) is 0 Å². The second kappa shape index (κ2) is 6.29. The lowest BCUT2D eigenvalue weighted by Gasteiger charge is -2.25. The molecule has 0 rings (SSSR count). The Labute approximate surface area is 104 Å². The average Bonchev–Trinajstić information content (AvgIpc) is 2.08. The summed E-state index contributed by atoms with van der Waals surface area (Å²) < 4.78 is 23.9. The van der Waals surface area contributed by atoms with Crippen LogP contribution in [-0.4, -0.2) is 37.3 Å². The van der Waals surface area contributed by atoms with Crippen LogP contribution in [0.4, 0.5) is 0 Å². The van der Waals surface area contributed by atoms with E-state index in [1.807, 2.05) is 0 Å². The highest BCUT2D eigenvalue weighted by molar-refractivity contribution is 7.91. The van der Waals surface area contributed by atoms with Crippen molar-refractivity contribution in [3.8, 4) is 6.07 Å². The fraction of sp³-hybridized carbons (Fsp3) is 0.900. The molecule has 6 heteroatoms. The second-order valence-corrected chi connectivity index (χ2v) is 13.1. The molecule has 0 aliphatic carbocycles. The number of hydrogen-bond donors (Lipinski definition) is 1. The van der Waals surface area contributed by atoms with E-state index >= 15 is 0 Å². The van der Waals surface area contributed by atoms with E-state index in [2.05, 4.69) is 18.7 Å². The van der Waals surface area contributed by atoms with Gasteiger partial charge in [-0.2, -0.15) is 17.9 Å². The Morgan fingerprint density at radius 3 is 2.00 bits per heavy atom. The number of rotatable bonds is 6. The van der Waals surface area contributed by atoms with Gasteiger partial charge in [0.1, 0.15) is 0 Å². The lowest BCUT2D eigenvalue weighted by molar-refractivity contribution is 0.557. The van der Waals surface area contributed by atoms with E-state index in [1.165, 1.54) is 0 Å². The fourth-order valence-electron chi connectivity index (χ4n) is 1.41. The van der Waals surface area contributed by atoms with Crippen molar-refractivity contribution >= 4 is 26.9 Å². The highest BCUT2D eigenvalue weighted by atomic mass is 32.1. The predicted molar refractivity (Wildman–Crippen MR) is 74.9 cm³/mol. The normalized spacial score (nSPS) is 16.5. The van der Waals surface area contributed by atoms with E-state index in [0.717, 1.165) is 0 Å². The Morgan fingerprint density at radius 2 is 1.69 bits per heavy atom. The van der Waals surface area contributed by atoms with E-state index in [-0.39, 0.29) is 10.7 Å². The van der Waals surface area contributed by atoms with Gasteiger partial charge in [0.2, 0.25) is 0 Å². The maximum atomic E-state index is 12.1. The molecule has 0 radical (unpaired) electrons. The van der Waals surface area contributed by atoms with Crippen LogP contribution < -0.4 is 0 Å². The lowest BCUT2D eigenvalue weighted by Crippen LogP contribution is -2.14. The zero-order valence-electron chi connectivity index (χ0n) is 10.4. The van der Waals surface area contributed by atoms with Crippen molar-refractivity contribution in [2.75, 3.05) is 26.7 Å². The van der Waals surface area contributed by atoms with Crippen molar-refractivity contribution in [2.24, 2.45) is 0 Å². The van der Waals surface area contributed by atoms with Crippen LogP contribution in [0.25, 0.3) is 0 Å². The lowest BCUT2D eigenvalue weighted by atomic mass is 10.2. The van der Waals surface area contributed by atoms with E-state index in [0.29, 0.717) is 19.3 Å². The molecule has 0 aromatic rings. The molecule has 2 atom stereocenters. The number of thiol groups is 1. The summed E-state index contributed by atoms with van der Waals surface area (Å²) in [7, 11) is -4.50. The van der Waals surface area contributed by atoms with Crippen molar-refractivity contribution in [3.05, 3.63) is 0 Å². The minimum Gasteiger partial charge on any atom is -0.324 e. The minimum absolute atomic E-state index is 0.0390. The van der Waals surface area contributed by atoms with Crippen LogP contribution in [0, 0.1) is 11.3 Å². The molecule has 0 aliphatic rings. The van der Waals surface area contributed by atoms with Crippen LogP contribution in [0.1, 0.15) is 19.3 Å². The Morgan fingerprint density at radius 1 is 1.19 bits per heavy atom. The molecule has 0 saturated heterocycles. The first kappa shape index (κ1) is 16.3. The molecule has 0 N–H and O–H groups in total. The van der Waals surface area contributed by atoms with Crippen molar-refractivity contribution < 1.29 is 9.13 Å². The summed E-state index contributed by atoms with van der Waals surface area (Å²) in [6.45, 7) is 6.85. The van der Waals surface area contributed by atoms with Crippen LogP contribution in [0.3, 0.4) is 0 Å². The number of nitrogens with zero attached hydrogens (tertiary/aromatic N) is 1. The molecule has 2 unspecified atom stereocenters. The van der Waals surface area contributed by atoms with Gasteiger partial charge >= 0.3 is 0 Å². The largest absolute Gasteiger partial charge is 0.324 e. The Balaban J connectivity index is 4.64. The Kier molecular flexibility index (Phi) is 6.41.